The lowest BCUT2D eigenvalue weighted by Crippen LogP contribution is -2.40. The van der Waals surface area contributed by atoms with Crippen LogP contribution in [0.5, 0.6) is 0 Å². The van der Waals surface area contributed by atoms with Crippen molar-refractivity contribution < 1.29 is 9.84 Å². The fourth-order valence-electron chi connectivity index (χ4n) is 3.29. The number of ether oxygens (including phenoxy) is 1. The molecule has 1 aliphatic heterocycles. The molecule has 0 aromatic rings. The fraction of sp³-hybridized carbons (Fsp3) is 1.00. The largest absolute Gasteiger partial charge is 0.390 e. The Balaban J connectivity index is 1.98. The highest BCUT2D eigenvalue weighted by molar-refractivity contribution is 4.90. The molecule has 0 amide bonds. The minimum atomic E-state index is -0.412. The van der Waals surface area contributed by atoms with Crippen molar-refractivity contribution in [3.8, 4) is 0 Å². The second-order valence-corrected chi connectivity index (χ2v) is 5.54. The molecule has 2 rings (SSSR count). The smallest absolute Gasteiger partial charge is 0.0698 e. The monoisotopic (exact) mass is 212 g/mol. The van der Waals surface area contributed by atoms with Crippen LogP contribution in [-0.2, 0) is 4.74 Å². The summed E-state index contributed by atoms with van der Waals surface area (Å²) in [4.78, 5) is 0. The Morgan fingerprint density at radius 3 is 2.80 bits per heavy atom. The number of aliphatic hydroxyl groups is 1. The van der Waals surface area contributed by atoms with Gasteiger partial charge in [0.15, 0.2) is 0 Å². The van der Waals surface area contributed by atoms with Gasteiger partial charge in [-0.1, -0.05) is 19.8 Å². The molecule has 0 aromatic heterocycles. The first kappa shape index (κ1) is 11.4. The predicted molar refractivity (Wildman–Crippen MR) is 60.7 cm³/mol. The summed E-state index contributed by atoms with van der Waals surface area (Å²) in [7, 11) is 0. The minimum Gasteiger partial charge on any atom is -0.390 e. The van der Waals surface area contributed by atoms with Crippen LogP contribution in [0.1, 0.15) is 51.9 Å². The van der Waals surface area contributed by atoms with Gasteiger partial charge in [0.25, 0.3) is 0 Å². The van der Waals surface area contributed by atoms with E-state index in [1.807, 2.05) is 0 Å². The average Bonchev–Trinajstić information content (AvgIpc) is 2.44. The molecule has 88 valence electrons. The third-order valence-electron chi connectivity index (χ3n) is 4.27. The maximum atomic E-state index is 10.7. The highest BCUT2D eigenvalue weighted by Crippen LogP contribution is 2.40. The molecule has 3 atom stereocenters. The zero-order chi connectivity index (χ0) is 10.7. The molecule has 0 bridgehead atoms. The Labute approximate surface area is 93.0 Å². The van der Waals surface area contributed by atoms with Gasteiger partial charge in [-0.3, -0.25) is 0 Å². The maximum Gasteiger partial charge on any atom is 0.0698 e. The molecule has 2 aliphatic rings. The van der Waals surface area contributed by atoms with Crippen LogP contribution in [0.25, 0.3) is 0 Å². The van der Waals surface area contributed by atoms with Crippen LogP contribution in [0.4, 0.5) is 0 Å². The summed E-state index contributed by atoms with van der Waals surface area (Å²) in [5, 5.41) is 10.7. The first-order chi connectivity index (χ1) is 7.21. The Morgan fingerprint density at radius 2 is 2.00 bits per heavy atom. The van der Waals surface area contributed by atoms with Crippen LogP contribution in [-0.4, -0.2) is 23.9 Å². The van der Waals surface area contributed by atoms with Crippen molar-refractivity contribution in [1.29, 1.82) is 0 Å². The van der Waals surface area contributed by atoms with Crippen LogP contribution < -0.4 is 0 Å². The molecule has 15 heavy (non-hydrogen) atoms. The maximum absolute atomic E-state index is 10.7. The molecule has 3 unspecified atom stereocenters. The van der Waals surface area contributed by atoms with Crippen molar-refractivity contribution in [3.63, 3.8) is 0 Å². The van der Waals surface area contributed by atoms with E-state index in [1.165, 1.54) is 25.7 Å². The molecule has 1 saturated carbocycles. The lowest BCUT2D eigenvalue weighted by molar-refractivity contribution is -0.0543. The van der Waals surface area contributed by atoms with Crippen molar-refractivity contribution in [3.05, 3.63) is 0 Å². The summed E-state index contributed by atoms with van der Waals surface area (Å²) in [6.45, 7) is 3.91. The quantitative estimate of drug-likeness (QED) is 0.724. The Bertz CT molecular complexity index is 195. The van der Waals surface area contributed by atoms with Gasteiger partial charge >= 0.3 is 0 Å². The van der Waals surface area contributed by atoms with Crippen molar-refractivity contribution in [2.75, 3.05) is 13.2 Å². The molecule has 1 aliphatic carbocycles. The van der Waals surface area contributed by atoms with Crippen molar-refractivity contribution >= 4 is 0 Å². The molecule has 0 aromatic carbocycles. The molecule has 2 heteroatoms. The van der Waals surface area contributed by atoms with Crippen LogP contribution in [0, 0.1) is 11.8 Å². The first-order valence-electron chi connectivity index (χ1n) is 6.51. The van der Waals surface area contributed by atoms with E-state index < -0.39 is 5.60 Å². The summed E-state index contributed by atoms with van der Waals surface area (Å²) >= 11 is 0. The second kappa shape index (κ2) is 4.84. The molecular formula is C13H24O2. The van der Waals surface area contributed by atoms with Gasteiger partial charge in [0.1, 0.15) is 0 Å². The molecule has 1 heterocycles. The summed E-state index contributed by atoms with van der Waals surface area (Å²) in [6, 6.07) is 0. The Hall–Kier alpha value is -0.0800. The highest BCUT2D eigenvalue weighted by Gasteiger charge is 2.38. The third-order valence-corrected chi connectivity index (χ3v) is 4.27. The van der Waals surface area contributed by atoms with Crippen LogP contribution in [0.3, 0.4) is 0 Å². The van der Waals surface area contributed by atoms with Gasteiger partial charge in [0.2, 0.25) is 0 Å². The van der Waals surface area contributed by atoms with Gasteiger partial charge in [-0.05, 0) is 43.9 Å². The van der Waals surface area contributed by atoms with Gasteiger partial charge in [-0.25, -0.2) is 0 Å². The Morgan fingerprint density at radius 1 is 1.13 bits per heavy atom. The zero-order valence-corrected chi connectivity index (χ0v) is 9.87. The summed E-state index contributed by atoms with van der Waals surface area (Å²) in [5.74, 6) is 1.33. The number of hydrogen-bond acceptors (Lipinski definition) is 2. The SMILES string of the molecule is CC1CCCC(C2(O)CCCOCC2)C1. The van der Waals surface area contributed by atoms with Gasteiger partial charge in [-0.2, -0.15) is 0 Å². The standard InChI is InChI=1S/C13H24O2/c1-11-4-2-5-12(10-11)13(14)6-3-8-15-9-7-13/h11-12,14H,2-10H2,1H3. The van der Waals surface area contributed by atoms with Gasteiger partial charge in [-0.15, -0.1) is 0 Å². The van der Waals surface area contributed by atoms with Gasteiger partial charge in [0, 0.05) is 13.2 Å². The molecule has 1 N–H and O–H groups in total. The molecule has 0 radical (unpaired) electrons. The molecule has 0 spiro atoms. The summed E-state index contributed by atoms with van der Waals surface area (Å²) in [5.41, 5.74) is -0.412. The van der Waals surface area contributed by atoms with E-state index in [0.717, 1.165) is 38.4 Å². The highest BCUT2D eigenvalue weighted by atomic mass is 16.5. The predicted octanol–water partition coefficient (Wildman–Crippen LogP) is 2.74. The van der Waals surface area contributed by atoms with Crippen LogP contribution in [0.2, 0.25) is 0 Å². The van der Waals surface area contributed by atoms with Crippen molar-refractivity contribution in [2.45, 2.75) is 57.5 Å². The summed E-state index contributed by atoms with van der Waals surface area (Å²) in [6.07, 6.45) is 7.92. The molecule has 2 fully saturated rings. The van der Waals surface area contributed by atoms with E-state index >= 15 is 0 Å². The topological polar surface area (TPSA) is 29.5 Å². The fourth-order valence-corrected chi connectivity index (χ4v) is 3.29. The van der Waals surface area contributed by atoms with Gasteiger partial charge in [0.05, 0.1) is 5.60 Å². The van der Waals surface area contributed by atoms with E-state index in [1.54, 1.807) is 0 Å². The minimum absolute atomic E-state index is 0.412. The van der Waals surface area contributed by atoms with Crippen molar-refractivity contribution in [2.24, 2.45) is 11.8 Å². The van der Waals surface area contributed by atoms with Gasteiger partial charge < -0.3 is 9.84 Å². The average molecular weight is 212 g/mol. The summed E-state index contributed by atoms with van der Waals surface area (Å²) < 4.78 is 5.45. The Kier molecular flexibility index (Phi) is 3.68. The number of rotatable bonds is 1. The first-order valence-corrected chi connectivity index (χ1v) is 6.51. The van der Waals surface area contributed by atoms with E-state index in [0.29, 0.717) is 5.92 Å². The zero-order valence-electron chi connectivity index (χ0n) is 9.87. The molecular weight excluding hydrogens is 188 g/mol. The third kappa shape index (κ3) is 2.73. The molecule has 2 nitrogen and oxygen atoms in total. The van der Waals surface area contributed by atoms with Crippen LogP contribution in [0.15, 0.2) is 0 Å². The van der Waals surface area contributed by atoms with Crippen LogP contribution >= 0.6 is 0 Å². The normalized spacial score (nSPS) is 43.6. The number of hydrogen-bond donors (Lipinski definition) is 1. The lowest BCUT2D eigenvalue weighted by atomic mass is 9.70. The van der Waals surface area contributed by atoms with E-state index in [2.05, 4.69) is 6.92 Å². The van der Waals surface area contributed by atoms with E-state index in [4.69, 9.17) is 4.74 Å². The van der Waals surface area contributed by atoms with Crippen molar-refractivity contribution in [1.82, 2.24) is 0 Å². The lowest BCUT2D eigenvalue weighted by Gasteiger charge is -2.39. The van der Waals surface area contributed by atoms with E-state index in [-0.39, 0.29) is 0 Å². The molecule has 1 saturated heterocycles. The van der Waals surface area contributed by atoms with E-state index in [9.17, 15) is 5.11 Å². The second-order valence-electron chi connectivity index (χ2n) is 5.54.